The fourth-order valence-electron chi connectivity index (χ4n) is 2.71. The number of nitrogens with zero attached hydrogens (tertiary/aromatic N) is 5. The van der Waals surface area contributed by atoms with Crippen LogP contribution >= 0.6 is 24.0 Å². The van der Waals surface area contributed by atoms with E-state index in [-0.39, 0.29) is 30.0 Å². The highest BCUT2D eigenvalue weighted by Crippen LogP contribution is 2.16. The molecule has 0 aliphatic rings. The number of hydrogen-bond acceptors (Lipinski definition) is 4. The second-order valence-electron chi connectivity index (χ2n) is 6.44. The molecule has 0 fully saturated rings. The summed E-state index contributed by atoms with van der Waals surface area (Å²) in [6.45, 7) is 2.09. The van der Waals surface area contributed by atoms with Crippen LogP contribution in [0.4, 0.5) is 0 Å². The monoisotopic (exact) mass is 486 g/mol. The van der Waals surface area contributed by atoms with Gasteiger partial charge in [-0.15, -0.1) is 24.0 Å². The van der Waals surface area contributed by atoms with Crippen LogP contribution in [0.25, 0.3) is 0 Å². The van der Waals surface area contributed by atoms with Crippen LogP contribution in [0.5, 0.6) is 5.75 Å². The highest BCUT2D eigenvalue weighted by atomic mass is 127. The first-order chi connectivity index (χ1) is 12.5. The van der Waals surface area contributed by atoms with E-state index in [2.05, 4.69) is 39.3 Å². The van der Waals surface area contributed by atoms with E-state index >= 15 is 0 Å². The second kappa shape index (κ2) is 11.8. The molecular weight excluding hydrogens is 455 g/mol. The molecule has 0 radical (unpaired) electrons. The zero-order valence-electron chi connectivity index (χ0n) is 16.8. The fraction of sp³-hybridized carbons (Fsp3) is 0.474. The Bertz CT molecular complexity index is 689. The Morgan fingerprint density at radius 1 is 1.26 bits per heavy atom. The molecule has 0 saturated carbocycles. The zero-order chi connectivity index (χ0) is 18.9. The van der Waals surface area contributed by atoms with E-state index in [0.29, 0.717) is 6.61 Å². The number of aromatic nitrogens is 2. The van der Waals surface area contributed by atoms with Gasteiger partial charge in [0.25, 0.3) is 0 Å². The maximum Gasteiger partial charge on any atom is 0.193 e. The van der Waals surface area contributed by atoms with E-state index in [1.165, 1.54) is 5.56 Å². The van der Waals surface area contributed by atoms with Crippen molar-refractivity contribution in [2.45, 2.75) is 6.04 Å². The van der Waals surface area contributed by atoms with Gasteiger partial charge in [0.2, 0.25) is 0 Å². The predicted octanol–water partition coefficient (Wildman–Crippen LogP) is 2.23. The van der Waals surface area contributed by atoms with Crippen molar-refractivity contribution in [3.05, 3.63) is 48.3 Å². The molecule has 2 aromatic rings. The van der Waals surface area contributed by atoms with Gasteiger partial charge in [-0.05, 0) is 26.2 Å². The number of nitrogens with one attached hydrogen (secondary N) is 1. The molecule has 1 heterocycles. The number of guanidine groups is 1. The van der Waals surface area contributed by atoms with Crippen LogP contribution in [0.3, 0.4) is 0 Å². The first kappa shape index (κ1) is 23.2. The molecule has 1 aromatic carbocycles. The highest BCUT2D eigenvalue weighted by molar-refractivity contribution is 14.0. The van der Waals surface area contributed by atoms with Gasteiger partial charge in [0, 0.05) is 39.4 Å². The molecule has 1 N–H and O–H groups in total. The van der Waals surface area contributed by atoms with Crippen LogP contribution in [0.1, 0.15) is 11.6 Å². The lowest BCUT2D eigenvalue weighted by molar-refractivity contribution is 0.275. The number of aliphatic imine (C=N–C) groups is 1. The van der Waals surface area contributed by atoms with Crippen molar-refractivity contribution in [2.75, 3.05) is 47.9 Å². The lowest BCUT2D eigenvalue weighted by Crippen LogP contribution is -2.44. The van der Waals surface area contributed by atoms with Crippen molar-refractivity contribution in [1.29, 1.82) is 0 Å². The van der Waals surface area contributed by atoms with Crippen molar-refractivity contribution >= 4 is 29.9 Å². The average Bonchev–Trinajstić information content (AvgIpc) is 3.05. The molecule has 2 rings (SSSR count). The van der Waals surface area contributed by atoms with Crippen LogP contribution in [0.15, 0.2) is 47.7 Å². The third-order valence-corrected chi connectivity index (χ3v) is 4.20. The standard InChI is InChI=1S/C19H30N6O.HI/c1-20-19(24(4)11-12-26-17-9-7-6-8-10-17)21-14-18(23(2)3)16-13-22-25(5)15-16;/h6-10,13,15,18H,11-12,14H2,1-5H3,(H,20,21);1H. The summed E-state index contributed by atoms with van der Waals surface area (Å²) in [7, 11) is 9.88. The van der Waals surface area contributed by atoms with Crippen molar-refractivity contribution in [3.8, 4) is 5.75 Å². The number of benzene rings is 1. The Hall–Kier alpha value is -1.81. The Labute approximate surface area is 179 Å². The van der Waals surface area contributed by atoms with E-state index in [9.17, 15) is 0 Å². The van der Waals surface area contributed by atoms with E-state index < -0.39 is 0 Å². The van der Waals surface area contributed by atoms with Crippen LogP contribution in [-0.2, 0) is 7.05 Å². The minimum atomic E-state index is 0. The molecule has 0 aliphatic heterocycles. The minimum Gasteiger partial charge on any atom is -0.492 e. The average molecular weight is 486 g/mol. The van der Waals surface area contributed by atoms with Crippen LogP contribution < -0.4 is 10.1 Å². The molecular formula is C19H31IN6O. The lowest BCUT2D eigenvalue weighted by atomic mass is 10.1. The normalized spacial score (nSPS) is 12.4. The van der Waals surface area contributed by atoms with Gasteiger partial charge in [-0.3, -0.25) is 9.67 Å². The van der Waals surface area contributed by atoms with Gasteiger partial charge in [0.05, 0.1) is 18.8 Å². The van der Waals surface area contributed by atoms with E-state index in [4.69, 9.17) is 4.74 Å². The molecule has 0 amide bonds. The van der Waals surface area contributed by atoms with E-state index in [0.717, 1.165) is 24.8 Å². The smallest absolute Gasteiger partial charge is 0.193 e. The molecule has 1 atom stereocenters. The quantitative estimate of drug-likeness (QED) is 0.353. The molecule has 8 heteroatoms. The summed E-state index contributed by atoms with van der Waals surface area (Å²) in [6.07, 6.45) is 3.96. The first-order valence-electron chi connectivity index (χ1n) is 8.76. The Kier molecular flexibility index (Phi) is 10.2. The topological polar surface area (TPSA) is 57.9 Å². The van der Waals surface area contributed by atoms with Crippen LogP contribution in [-0.4, -0.2) is 73.4 Å². The molecule has 27 heavy (non-hydrogen) atoms. The van der Waals surface area contributed by atoms with Gasteiger partial charge in [-0.2, -0.15) is 5.10 Å². The largest absolute Gasteiger partial charge is 0.492 e. The summed E-state index contributed by atoms with van der Waals surface area (Å²) in [5.41, 5.74) is 1.18. The van der Waals surface area contributed by atoms with Crippen molar-refractivity contribution in [2.24, 2.45) is 12.0 Å². The van der Waals surface area contributed by atoms with Gasteiger partial charge in [-0.1, -0.05) is 18.2 Å². The minimum absolute atomic E-state index is 0. The summed E-state index contributed by atoms with van der Waals surface area (Å²) in [5, 5.41) is 7.73. The predicted molar refractivity (Wildman–Crippen MR) is 121 cm³/mol. The van der Waals surface area contributed by atoms with Crippen molar-refractivity contribution < 1.29 is 4.74 Å². The van der Waals surface area contributed by atoms with Gasteiger partial charge < -0.3 is 19.9 Å². The Balaban J connectivity index is 0.00000364. The second-order valence-corrected chi connectivity index (χ2v) is 6.44. The van der Waals surface area contributed by atoms with E-state index in [1.807, 2.05) is 61.5 Å². The summed E-state index contributed by atoms with van der Waals surface area (Å²) in [4.78, 5) is 8.63. The van der Waals surface area contributed by atoms with Gasteiger partial charge in [0.15, 0.2) is 5.96 Å². The molecule has 0 aliphatic carbocycles. The summed E-state index contributed by atoms with van der Waals surface area (Å²) in [6, 6.07) is 10.1. The summed E-state index contributed by atoms with van der Waals surface area (Å²) >= 11 is 0. The van der Waals surface area contributed by atoms with Gasteiger partial charge in [0.1, 0.15) is 12.4 Å². The Morgan fingerprint density at radius 3 is 2.52 bits per heavy atom. The maximum atomic E-state index is 5.76. The first-order valence-corrected chi connectivity index (χ1v) is 8.76. The molecule has 150 valence electrons. The number of hydrogen-bond donors (Lipinski definition) is 1. The lowest BCUT2D eigenvalue weighted by Gasteiger charge is -2.27. The molecule has 1 aromatic heterocycles. The molecule has 1 unspecified atom stereocenters. The summed E-state index contributed by atoms with van der Waals surface area (Å²) < 4.78 is 7.59. The number of para-hydroxylation sites is 1. The Morgan fingerprint density at radius 2 is 1.96 bits per heavy atom. The number of likely N-dealkylation sites (N-methyl/N-ethyl adjacent to an activating group) is 2. The van der Waals surface area contributed by atoms with Crippen molar-refractivity contribution in [3.63, 3.8) is 0 Å². The third-order valence-electron chi connectivity index (χ3n) is 4.20. The number of halogens is 1. The van der Waals surface area contributed by atoms with Crippen molar-refractivity contribution in [1.82, 2.24) is 24.9 Å². The number of ether oxygens (including phenoxy) is 1. The van der Waals surface area contributed by atoms with Gasteiger partial charge in [-0.25, -0.2) is 0 Å². The maximum absolute atomic E-state index is 5.76. The van der Waals surface area contributed by atoms with Crippen LogP contribution in [0.2, 0.25) is 0 Å². The number of aryl methyl sites for hydroxylation is 1. The molecule has 0 saturated heterocycles. The zero-order valence-corrected chi connectivity index (χ0v) is 19.1. The summed E-state index contributed by atoms with van der Waals surface area (Å²) in [5.74, 6) is 1.73. The SMILES string of the molecule is CN=C(NCC(c1cnn(C)c1)N(C)C)N(C)CCOc1ccccc1.I. The van der Waals surface area contributed by atoms with Gasteiger partial charge >= 0.3 is 0 Å². The molecule has 0 spiro atoms. The third kappa shape index (κ3) is 7.37. The molecule has 0 bridgehead atoms. The highest BCUT2D eigenvalue weighted by Gasteiger charge is 2.17. The van der Waals surface area contributed by atoms with Crippen LogP contribution in [0, 0.1) is 0 Å². The number of rotatable bonds is 8. The fourth-order valence-corrected chi connectivity index (χ4v) is 2.71. The molecule has 7 nitrogen and oxygen atoms in total. The van der Waals surface area contributed by atoms with E-state index in [1.54, 1.807) is 7.05 Å².